The van der Waals surface area contributed by atoms with Crippen molar-refractivity contribution in [1.29, 1.82) is 5.26 Å². The van der Waals surface area contributed by atoms with E-state index < -0.39 is 24.2 Å². The lowest BCUT2D eigenvalue weighted by atomic mass is 10.0. The molecule has 0 aliphatic rings. The fourth-order valence-corrected chi connectivity index (χ4v) is 3.58. The number of carbonyl (C=O) groups is 1. The monoisotopic (exact) mass is 527 g/mol. The van der Waals surface area contributed by atoms with Crippen molar-refractivity contribution in [3.63, 3.8) is 0 Å². The standard InChI is InChI=1S/C25H22FN11O2/c1-25(2,39)20(26)13-32-23(38)18-12-30-21(37-22-16(10-34-37)6-15(8-27)9-31-22)7-19(18)35-17-11-33-36(14-17)24-28-4-3-5-29-24/h3-7,9-12,14,20,39H,13H2,1-2H3,(H,30,35)(H,32,38)/t20-/m1/s1. The summed E-state index contributed by atoms with van der Waals surface area (Å²) in [5.74, 6) is 0.0783. The molecule has 5 heterocycles. The molecule has 39 heavy (non-hydrogen) atoms. The average Bonchev–Trinajstić information content (AvgIpc) is 3.58. The van der Waals surface area contributed by atoms with Gasteiger partial charge in [0, 0.05) is 36.2 Å². The van der Waals surface area contributed by atoms with Crippen LogP contribution in [-0.4, -0.2) is 68.8 Å². The Labute approximate surface area is 221 Å². The Bertz CT molecular complexity index is 1690. The molecule has 0 radical (unpaired) electrons. The highest BCUT2D eigenvalue weighted by Crippen LogP contribution is 2.25. The minimum Gasteiger partial charge on any atom is -0.387 e. The van der Waals surface area contributed by atoms with Crippen LogP contribution in [0.4, 0.5) is 15.8 Å². The number of alkyl halides is 1. The average molecular weight is 528 g/mol. The Kier molecular flexibility index (Phi) is 6.65. The minimum atomic E-state index is -1.69. The summed E-state index contributed by atoms with van der Waals surface area (Å²) >= 11 is 0. The molecule has 14 heteroatoms. The van der Waals surface area contributed by atoms with Crippen LogP contribution in [0.1, 0.15) is 29.8 Å². The summed E-state index contributed by atoms with van der Waals surface area (Å²) in [6, 6.07) is 6.96. The first kappa shape index (κ1) is 25.4. The van der Waals surface area contributed by atoms with E-state index >= 15 is 0 Å². The van der Waals surface area contributed by atoms with Crippen molar-refractivity contribution in [2.75, 3.05) is 11.9 Å². The van der Waals surface area contributed by atoms with Gasteiger partial charge in [-0.2, -0.15) is 20.1 Å². The van der Waals surface area contributed by atoms with Crippen LogP contribution < -0.4 is 10.6 Å². The summed E-state index contributed by atoms with van der Waals surface area (Å²) in [7, 11) is 0. The number of fused-ring (bicyclic) bond motifs is 1. The number of halogens is 1. The van der Waals surface area contributed by atoms with Crippen molar-refractivity contribution in [1.82, 2.24) is 44.8 Å². The van der Waals surface area contributed by atoms with Crippen molar-refractivity contribution >= 4 is 28.3 Å². The van der Waals surface area contributed by atoms with Crippen LogP contribution in [-0.2, 0) is 0 Å². The Morgan fingerprint density at radius 3 is 2.67 bits per heavy atom. The van der Waals surface area contributed by atoms with Gasteiger partial charge in [-0.15, -0.1) is 0 Å². The molecule has 0 saturated carbocycles. The molecule has 0 spiro atoms. The van der Waals surface area contributed by atoms with E-state index in [-0.39, 0.29) is 5.56 Å². The molecule has 13 nitrogen and oxygen atoms in total. The number of hydrogen-bond acceptors (Lipinski definition) is 10. The van der Waals surface area contributed by atoms with E-state index in [4.69, 9.17) is 5.26 Å². The molecule has 0 bridgehead atoms. The highest BCUT2D eigenvalue weighted by atomic mass is 19.1. The van der Waals surface area contributed by atoms with Gasteiger partial charge in [0.25, 0.3) is 5.91 Å². The molecule has 0 aliphatic carbocycles. The van der Waals surface area contributed by atoms with E-state index in [9.17, 15) is 14.3 Å². The number of rotatable bonds is 8. The van der Waals surface area contributed by atoms with Crippen LogP contribution in [0.25, 0.3) is 22.8 Å². The normalized spacial score (nSPS) is 12.2. The predicted molar refractivity (Wildman–Crippen MR) is 137 cm³/mol. The second-order valence-corrected chi connectivity index (χ2v) is 9.07. The maximum Gasteiger partial charge on any atom is 0.255 e. The molecule has 1 atom stereocenters. The minimum absolute atomic E-state index is 0.113. The Morgan fingerprint density at radius 2 is 1.92 bits per heavy atom. The number of anilines is 2. The lowest BCUT2D eigenvalue weighted by Gasteiger charge is -2.22. The molecule has 3 N–H and O–H groups in total. The molecule has 0 unspecified atom stereocenters. The molecule has 0 fully saturated rings. The maximum absolute atomic E-state index is 14.3. The number of nitriles is 1. The number of pyridine rings is 2. The van der Waals surface area contributed by atoms with Gasteiger partial charge in [-0.1, -0.05) is 0 Å². The summed E-state index contributed by atoms with van der Waals surface area (Å²) in [5.41, 5.74) is 0.175. The summed E-state index contributed by atoms with van der Waals surface area (Å²) in [4.78, 5) is 30.1. The molecule has 5 rings (SSSR count). The summed E-state index contributed by atoms with van der Waals surface area (Å²) in [6.45, 7) is 2.24. The third-order valence-corrected chi connectivity index (χ3v) is 5.72. The topological polar surface area (TPSA) is 172 Å². The fraction of sp³-hybridized carbons (Fsp3) is 0.200. The van der Waals surface area contributed by atoms with Crippen LogP contribution in [0.15, 0.2) is 61.6 Å². The van der Waals surface area contributed by atoms with Gasteiger partial charge >= 0.3 is 0 Å². The first-order valence-corrected chi connectivity index (χ1v) is 11.7. The molecule has 0 aromatic carbocycles. The predicted octanol–water partition coefficient (Wildman–Crippen LogP) is 2.25. The third-order valence-electron chi connectivity index (χ3n) is 5.72. The van der Waals surface area contributed by atoms with Gasteiger partial charge in [0.1, 0.15) is 12.2 Å². The van der Waals surface area contributed by atoms with Gasteiger partial charge in [-0.25, -0.2) is 29.0 Å². The summed E-state index contributed by atoms with van der Waals surface area (Å²) in [6.07, 6.45) is 8.96. The van der Waals surface area contributed by atoms with E-state index in [1.54, 1.807) is 43.0 Å². The summed E-state index contributed by atoms with van der Waals surface area (Å²) < 4.78 is 17.2. The molecule has 5 aromatic rings. The van der Waals surface area contributed by atoms with Crippen LogP contribution in [0.5, 0.6) is 0 Å². The Balaban J connectivity index is 1.50. The molecule has 5 aromatic heterocycles. The van der Waals surface area contributed by atoms with Crippen LogP contribution in [0.3, 0.4) is 0 Å². The smallest absolute Gasteiger partial charge is 0.255 e. The van der Waals surface area contributed by atoms with E-state index in [0.717, 1.165) is 0 Å². The van der Waals surface area contributed by atoms with E-state index in [1.807, 2.05) is 6.07 Å². The van der Waals surface area contributed by atoms with Crippen molar-refractivity contribution in [3.8, 4) is 17.8 Å². The van der Waals surface area contributed by atoms with Crippen LogP contribution >= 0.6 is 0 Å². The number of nitrogens with zero attached hydrogens (tertiary/aromatic N) is 9. The maximum atomic E-state index is 14.3. The van der Waals surface area contributed by atoms with Crippen LogP contribution in [0, 0.1) is 11.3 Å². The highest BCUT2D eigenvalue weighted by Gasteiger charge is 2.27. The Morgan fingerprint density at radius 1 is 1.13 bits per heavy atom. The van der Waals surface area contributed by atoms with E-state index in [1.165, 1.54) is 41.8 Å². The van der Waals surface area contributed by atoms with Gasteiger partial charge < -0.3 is 15.7 Å². The van der Waals surface area contributed by atoms with Gasteiger partial charge in [0.05, 0.1) is 53.2 Å². The Hall–Kier alpha value is -5.29. The van der Waals surface area contributed by atoms with Crippen molar-refractivity contribution in [2.45, 2.75) is 25.6 Å². The lowest BCUT2D eigenvalue weighted by molar-refractivity contribution is -0.00177. The van der Waals surface area contributed by atoms with Gasteiger partial charge in [-0.3, -0.25) is 4.79 Å². The first-order chi connectivity index (χ1) is 18.7. The van der Waals surface area contributed by atoms with Crippen molar-refractivity contribution < 1.29 is 14.3 Å². The van der Waals surface area contributed by atoms with Crippen molar-refractivity contribution in [2.24, 2.45) is 0 Å². The van der Waals surface area contributed by atoms with Crippen LogP contribution in [0.2, 0.25) is 0 Å². The number of hydrogen-bond donors (Lipinski definition) is 3. The van der Waals surface area contributed by atoms with E-state index in [0.29, 0.717) is 39.7 Å². The molecule has 0 saturated heterocycles. The fourth-order valence-electron chi connectivity index (χ4n) is 3.58. The zero-order valence-electron chi connectivity index (χ0n) is 20.8. The van der Waals surface area contributed by atoms with E-state index in [2.05, 4.69) is 40.8 Å². The van der Waals surface area contributed by atoms with Crippen molar-refractivity contribution in [3.05, 3.63) is 72.7 Å². The molecule has 196 valence electrons. The molecular formula is C25H22FN11O2. The lowest BCUT2D eigenvalue weighted by Crippen LogP contribution is -2.42. The second kappa shape index (κ2) is 10.2. The van der Waals surface area contributed by atoms with Gasteiger partial charge in [0.2, 0.25) is 5.95 Å². The number of aliphatic hydroxyl groups is 1. The largest absolute Gasteiger partial charge is 0.387 e. The quantitative estimate of drug-likeness (QED) is 0.272. The zero-order valence-corrected chi connectivity index (χ0v) is 20.8. The molecular weight excluding hydrogens is 505 g/mol. The molecule has 0 aliphatic heterocycles. The highest BCUT2D eigenvalue weighted by molar-refractivity contribution is 6.00. The number of amides is 1. The number of aromatic nitrogens is 8. The molecule has 1 amide bonds. The first-order valence-electron chi connectivity index (χ1n) is 11.7. The number of carbonyl (C=O) groups excluding carboxylic acids is 1. The second-order valence-electron chi connectivity index (χ2n) is 9.07. The van der Waals surface area contributed by atoms with Gasteiger partial charge in [-0.05, 0) is 26.0 Å². The number of nitrogens with one attached hydrogen (secondary N) is 2. The third kappa shape index (κ3) is 5.38. The SMILES string of the molecule is CC(C)(O)[C@H](F)CNC(=O)c1cnc(-n2ncc3cc(C#N)cnc32)cc1Nc1cnn(-c2ncccn2)c1. The summed E-state index contributed by atoms with van der Waals surface area (Å²) in [5, 5.41) is 33.9. The zero-order chi connectivity index (χ0) is 27.6. The van der Waals surface area contributed by atoms with Gasteiger partial charge in [0.15, 0.2) is 11.5 Å².